The van der Waals surface area contributed by atoms with E-state index in [1.165, 1.54) is 12.1 Å². The van der Waals surface area contributed by atoms with Gasteiger partial charge in [-0.3, -0.25) is 10.1 Å². The van der Waals surface area contributed by atoms with Gasteiger partial charge in [-0.15, -0.1) is 0 Å². The van der Waals surface area contributed by atoms with Gasteiger partial charge in [-0.05, 0) is 19.1 Å². The van der Waals surface area contributed by atoms with Crippen LogP contribution in [0.5, 0.6) is 0 Å². The second kappa shape index (κ2) is 4.68. The Labute approximate surface area is 106 Å². The summed E-state index contributed by atoms with van der Waals surface area (Å²) >= 11 is 11.5. The molecule has 1 N–H and O–H groups in total. The molecule has 0 aromatic carbocycles. The lowest BCUT2D eigenvalue weighted by Crippen LogP contribution is -2.14. The number of carbonyl (C=O) groups is 1. The topological polar surface area (TPSA) is 80.9 Å². The van der Waals surface area contributed by atoms with Gasteiger partial charge in [0.2, 0.25) is 0 Å². The van der Waals surface area contributed by atoms with E-state index in [2.05, 4.69) is 20.4 Å². The lowest BCUT2D eigenvalue weighted by molar-refractivity contribution is 0.101. The number of pyridine rings is 1. The first-order chi connectivity index (χ1) is 8.06. The molecule has 0 aliphatic rings. The lowest BCUT2D eigenvalue weighted by Gasteiger charge is -2.02. The molecule has 0 atom stereocenters. The minimum Gasteiger partial charge on any atom is -0.315 e. The summed E-state index contributed by atoms with van der Waals surface area (Å²) in [5.41, 5.74) is -0.00461. The number of anilines is 1. The first-order valence-corrected chi connectivity index (χ1v) is 5.25. The highest BCUT2D eigenvalue weighted by atomic mass is 35.5. The maximum Gasteiger partial charge on any atom is 0.328 e. The second-order valence-corrected chi connectivity index (χ2v) is 3.86. The van der Waals surface area contributed by atoms with Gasteiger partial charge < -0.3 is 4.52 Å². The van der Waals surface area contributed by atoms with Crippen LogP contribution in [0.4, 0.5) is 6.01 Å². The molecule has 0 saturated heterocycles. The number of nitrogens with zero attached hydrogens (tertiary/aromatic N) is 3. The van der Waals surface area contributed by atoms with E-state index in [1.807, 2.05) is 0 Å². The Bertz CT molecular complexity index is 570. The summed E-state index contributed by atoms with van der Waals surface area (Å²) in [7, 11) is 0. The summed E-state index contributed by atoms with van der Waals surface area (Å²) in [4.78, 5) is 19.4. The Hall–Kier alpha value is -1.66. The molecule has 2 aromatic heterocycles. The van der Waals surface area contributed by atoms with Gasteiger partial charge in [0.05, 0.1) is 5.02 Å². The molecule has 2 rings (SSSR count). The van der Waals surface area contributed by atoms with Crippen LogP contribution in [0.1, 0.15) is 16.3 Å². The van der Waals surface area contributed by atoms with Crippen molar-refractivity contribution in [3.05, 3.63) is 33.8 Å². The SMILES string of the molecule is Cc1noc(NC(=O)c2nc(Cl)ccc2Cl)n1. The normalized spacial score (nSPS) is 10.3. The van der Waals surface area contributed by atoms with E-state index in [9.17, 15) is 4.79 Å². The van der Waals surface area contributed by atoms with Gasteiger partial charge in [0.25, 0.3) is 5.91 Å². The zero-order chi connectivity index (χ0) is 12.4. The number of carbonyl (C=O) groups excluding carboxylic acids is 1. The van der Waals surface area contributed by atoms with Crippen LogP contribution < -0.4 is 5.32 Å². The monoisotopic (exact) mass is 272 g/mol. The number of hydrogen-bond acceptors (Lipinski definition) is 5. The number of aromatic nitrogens is 3. The number of nitrogens with one attached hydrogen (secondary N) is 1. The lowest BCUT2D eigenvalue weighted by atomic mass is 10.3. The number of aryl methyl sites for hydroxylation is 1. The van der Waals surface area contributed by atoms with Crippen molar-refractivity contribution in [1.82, 2.24) is 15.1 Å². The summed E-state index contributed by atoms with van der Waals surface area (Å²) in [6, 6.07) is 2.94. The van der Waals surface area contributed by atoms with E-state index >= 15 is 0 Å². The summed E-state index contributed by atoms with van der Waals surface area (Å²) < 4.78 is 4.73. The zero-order valence-corrected chi connectivity index (χ0v) is 10.1. The maximum atomic E-state index is 11.8. The van der Waals surface area contributed by atoms with Crippen LogP contribution >= 0.6 is 23.2 Å². The van der Waals surface area contributed by atoms with Crippen molar-refractivity contribution in [2.45, 2.75) is 6.92 Å². The van der Waals surface area contributed by atoms with Gasteiger partial charge in [0.1, 0.15) is 10.8 Å². The third-order valence-electron chi connectivity index (χ3n) is 1.78. The van der Waals surface area contributed by atoms with Gasteiger partial charge >= 0.3 is 6.01 Å². The number of rotatable bonds is 2. The summed E-state index contributed by atoms with van der Waals surface area (Å²) in [6.45, 7) is 1.63. The van der Waals surface area contributed by atoms with E-state index < -0.39 is 5.91 Å². The van der Waals surface area contributed by atoms with E-state index in [-0.39, 0.29) is 21.9 Å². The van der Waals surface area contributed by atoms with Crippen molar-refractivity contribution < 1.29 is 9.32 Å². The fraction of sp³-hybridized carbons (Fsp3) is 0.111. The Morgan fingerprint density at radius 3 is 2.76 bits per heavy atom. The molecule has 8 heteroatoms. The summed E-state index contributed by atoms with van der Waals surface area (Å²) in [5.74, 6) is -0.161. The van der Waals surface area contributed by atoms with Crippen molar-refractivity contribution in [1.29, 1.82) is 0 Å². The molecule has 6 nitrogen and oxygen atoms in total. The van der Waals surface area contributed by atoms with Crippen LogP contribution in [-0.4, -0.2) is 21.0 Å². The number of amides is 1. The average Bonchev–Trinajstić information content (AvgIpc) is 2.67. The maximum absolute atomic E-state index is 11.8. The fourth-order valence-electron chi connectivity index (χ4n) is 1.08. The Kier molecular flexibility index (Phi) is 3.26. The molecule has 0 bridgehead atoms. The Balaban J connectivity index is 2.22. The van der Waals surface area contributed by atoms with Crippen molar-refractivity contribution in [2.75, 3.05) is 5.32 Å². The molecule has 0 aliphatic carbocycles. The number of hydrogen-bond donors (Lipinski definition) is 1. The third-order valence-corrected chi connectivity index (χ3v) is 2.29. The van der Waals surface area contributed by atoms with Gasteiger partial charge in [0.15, 0.2) is 5.82 Å². The van der Waals surface area contributed by atoms with Crippen LogP contribution in [0.3, 0.4) is 0 Å². The number of halogens is 2. The highest BCUT2D eigenvalue weighted by Crippen LogP contribution is 2.17. The van der Waals surface area contributed by atoms with Gasteiger partial charge in [-0.1, -0.05) is 28.4 Å². The summed E-state index contributed by atoms with van der Waals surface area (Å²) in [5, 5.41) is 6.24. The molecule has 0 unspecified atom stereocenters. The Morgan fingerprint density at radius 1 is 1.35 bits per heavy atom. The molecular weight excluding hydrogens is 267 g/mol. The highest BCUT2D eigenvalue weighted by molar-refractivity contribution is 6.35. The first-order valence-electron chi connectivity index (χ1n) is 4.50. The summed E-state index contributed by atoms with van der Waals surface area (Å²) in [6.07, 6.45) is 0. The average molecular weight is 273 g/mol. The van der Waals surface area contributed by atoms with E-state index in [1.54, 1.807) is 6.92 Å². The Morgan fingerprint density at radius 2 is 2.12 bits per heavy atom. The largest absolute Gasteiger partial charge is 0.328 e. The van der Waals surface area contributed by atoms with Gasteiger partial charge in [0, 0.05) is 0 Å². The molecule has 0 aliphatic heterocycles. The zero-order valence-electron chi connectivity index (χ0n) is 8.57. The van der Waals surface area contributed by atoms with Crippen molar-refractivity contribution >= 4 is 35.1 Å². The van der Waals surface area contributed by atoms with Crippen LogP contribution in [0.15, 0.2) is 16.7 Å². The van der Waals surface area contributed by atoms with Crippen LogP contribution in [-0.2, 0) is 0 Å². The smallest absolute Gasteiger partial charge is 0.315 e. The molecule has 1 amide bonds. The molecule has 2 aromatic rings. The highest BCUT2D eigenvalue weighted by Gasteiger charge is 2.15. The molecule has 0 fully saturated rings. The van der Waals surface area contributed by atoms with Crippen LogP contribution in [0, 0.1) is 6.92 Å². The van der Waals surface area contributed by atoms with Crippen LogP contribution in [0.25, 0.3) is 0 Å². The molecule has 17 heavy (non-hydrogen) atoms. The van der Waals surface area contributed by atoms with E-state index in [4.69, 9.17) is 27.7 Å². The predicted molar refractivity (Wildman–Crippen MR) is 61.2 cm³/mol. The van der Waals surface area contributed by atoms with Gasteiger partial charge in [-0.25, -0.2) is 4.98 Å². The van der Waals surface area contributed by atoms with Crippen molar-refractivity contribution in [2.24, 2.45) is 0 Å². The molecule has 2 heterocycles. The van der Waals surface area contributed by atoms with E-state index in [0.717, 1.165) is 0 Å². The van der Waals surface area contributed by atoms with Crippen molar-refractivity contribution in [3.8, 4) is 0 Å². The molecular formula is C9H6Cl2N4O2. The van der Waals surface area contributed by atoms with Crippen molar-refractivity contribution in [3.63, 3.8) is 0 Å². The first kappa shape index (κ1) is 11.8. The van der Waals surface area contributed by atoms with Crippen LogP contribution in [0.2, 0.25) is 10.2 Å². The quantitative estimate of drug-likeness (QED) is 0.849. The standard InChI is InChI=1S/C9H6Cl2N4O2/c1-4-12-9(17-15-4)14-8(16)7-5(10)2-3-6(11)13-7/h2-3H,1H3,(H,12,14,15,16). The minimum atomic E-state index is -0.568. The predicted octanol–water partition coefficient (Wildman–Crippen LogP) is 2.33. The van der Waals surface area contributed by atoms with Gasteiger partial charge in [-0.2, -0.15) is 4.98 Å². The fourth-order valence-corrected chi connectivity index (χ4v) is 1.42. The van der Waals surface area contributed by atoms with E-state index in [0.29, 0.717) is 5.82 Å². The molecule has 0 radical (unpaired) electrons. The molecule has 0 spiro atoms. The molecule has 88 valence electrons. The minimum absolute atomic E-state index is 0.00461. The second-order valence-electron chi connectivity index (χ2n) is 3.07. The molecule has 0 saturated carbocycles. The third kappa shape index (κ3) is 2.72.